The second kappa shape index (κ2) is 6.94. The van der Waals surface area contributed by atoms with Crippen LogP contribution in [0.15, 0.2) is 42.5 Å². The molecule has 0 atom stereocenters. The lowest BCUT2D eigenvalue weighted by Gasteiger charge is -2.12. The van der Waals surface area contributed by atoms with Crippen LogP contribution in [0.2, 0.25) is 0 Å². The number of nitrogen functional groups attached to an aromatic ring is 1. The predicted octanol–water partition coefficient (Wildman–Crippen LogP) is 4.75. The molecule has 0 aliphatic carbocycles. The van der Waals surface area contributed by atoms with Crippen molar-refractivity contribution in [2.45, 2.75) is 13.1 Å². The number of nitrogens with zero attached hydrogens (tertiary/aromatic N) is 4. The quantitative estimate of drug-likeness (QED) is 0.468. The van der Waals surface area contributed by atoms with Crippen molar-refractivity contribution in [3.8, 4) is 5.95 Å². The molecule has 0 aliphatic rings. The van der Waals surface area contributed by atoms with E-state index in [1.807, 2.05) is 0 Å². The number of rotatable bonds is 3. The van der Waals surface area contributed by atoms with Gasteiger partial charge in [-0.25, -0.2) is 9.37 Å². The summed E-state index contributed by atoms with van der Waals surface area (Å²) in [5, 5.41) is 2.60. The molecule has 4 rings (SSSR count). The van der Waals surface area contributed by atoms with Crippen molar-refractivity contribution in [3.63, 3.8) is 0 Å². The minimum absolute atomic E-state index is 0.0325. The molecule has 0 fully saturated rings. The Morgan fingerprint density at radius 1 is 0.967 bits per heavy atom. The molecule has 154 valence electrons. The molecular weight excluding hydrogens is 407 g/mol. The molecule has 0 amide bonds. The molecule has 0 unspecified atom stereocenters. The second-order valence-electron chi connectivity index (χ2n) is 6.40. The molecule has 0 bridgehead atoms. The predicted molar refractivity (Wildman–Crippen MR) is 100 cm³/mol. The first-order chi connectivity index (χ1) is 14.1. The number of fused-ring (bicyclic) bond motifs is 1. The average molecular weight is 420 g/mol. The van der Waals surface area contributed by atoms with Gasteiger partial charge < -0.3 is 11.1 Å². The number of aryl methyl sites for hydroxylation is 1. The first-order valence-electron chi connectivity index (χ1n) is 8.56. The fourth-order valence-electron chi connectivity index (χ4n) is 2.94. The molecule has 0 saturated carbocycles. The maximum Gasteiger partial charge on any atom is 0.416 e. The number of nitrogens with two attached hydrogens (primary N) is 1. The lowest BCUT2D eigenvalue weighted by Crippen LogP contribution is -2.11. The van der Waals surface area contributed by atoms with Crippen LogP contribution in [0.4, 0.5) is 39.3 Å². The lowest BCUT2D eigenvalue weighted by molar-refractivity contribution is -0.137. The number of halogens is 5. The van der Waals surface area contributed by atoms with Crippen molar-refractivity contribution >= 4 is 28.4 Å². The summed E-state index contributed by atoms with van der Waals surface area (Å²) in [7, 11) is 0. The van der Waals surface area contributed by atoms with Crippen molar-refractivity contribution in [2.24, 2.45) is 0 Å². The summed E-state index contributed by atoms with van der Waals surface area (Å²) in [5.74, 6) is -1.88. The Morgan fingerprint density at radius 3 is 2.33 bits per heavy atom. The third kappa shape index (κ3) is 3.49. The van der Waals surface area contributed by atoms with Crippen LogP contribution in [0.3, 0.4) is 0 Å². The van der Waals surface area contributed by atoms with Crippen LogP contribution in [0, 0.1) is 18.6 Å². The van der Waals surface area contributed by atoms with E-state index in [0.29, 0.717) is 16.9 Å². The summed E-state index contributed by atoms with van der Waals surface area (Å²) < 4.78 is 67.6. The maximum absolute atomic E-state index is 14.5. The molecule has 2 heterocycles. The van der Waals surface area contributed by atoms with E-state index in [-0.39, 0.29) is 17.5 Å². The van der Waals surface area contributed by atoms with Gasteiger partial charge in [-0.1, -0.05) is 0 Å². The first kappa shape index (κ1) is 19.6. The van der Waals surface area contributed by atoms with E-state index in [9.17, 15) is 22.0 Å². The largest absolute Gasteiger partial charge is 0.416 e. The number of imidazole rings is 1. The van der Waals surface area contributed by atoms with Crippen LogP contribution < -0.4 is 11.1 Å². The highest BCUT2D eigenvalue weighted by molar-refractivity contribution is 5.78. The van der Waals surface area contributed by atoms with Gasteiger partial charge in [0.05, 0.1) is 16.6 Å². The van der Waals surface area contributed by atoms with Crippen LogP contribution in [0.5, 0.6) is 0 Å². The summed E-state index contributed by atoms with van der Waals surface area (Å²) in [6.45, 7) is 1.63. The van der Waals surface area contributed by atoms with Gasteiger partial charge in [-0.05, 0) is 43.3 Å². The summed E-state index contributed by atoms with van der Waals surface area (Å²) in [5.41, 5.74) is 5.81. The maximum atomic E-state index is 14.5. The standard InChI is InChI=1S/C19H13F5N6/c1-9-26-13-8-11(20)4-7-14(13)30(9)18-28-16(25)15(21)17(29-18)27-12-5-2-10(3-6-12)19(22,23)24/h2-8H,1H3,(H3,25,27,28,29). The summed E-state index contributed by atoms with van der Waals surface area (Å²) in [6, 6.07) is 7.92. The van der Waals surface area contributed by atoms with Crippen molar-refractivity contribution in [1.82, 2.24) is 19.5 Å². The van der Waals surface area contributed by atoms with Gasteiger partial charge in [-0.3, -0.25) is 4.57 Å². The zero-order chi connectivity index (χ0) is 21.6. The zero-order valence-corrected chi connectivity index (χ0v) is 15.3. The molecule has 0 saturated heterocycles. The van der Waals surface area contributed by atoms with E-state index in [1.54, 1.807) is 6.92 Å². The van der Waals surface area contributed by atoms with Gasteiger partial charge in [0, 0.05) is 11.8 Å². The van der Waals surface area contributed by atoms with Gasteiger partial charge in [0.2, 0.25) is 11.8 Å². The smallest absolute Gasteiger partial charge is 0.381 e. The molecule has 2 aromatic carbocycles. The van der Waals surface area contributed by atoms with Gasteiger partial charge in [-0.15, -0.1) is 0 Å². The highest BCUT2D eigenvalue weighted by Crippen LogP contribution is 2.31. The Kier molecular flexibility index (Phi) is 4.52. The average Bonchev–Trinajstić information content (AvgIpc) is 2.99. The summed E-state index contributed by atoms with van der Waals surface area (Å²) in [4.78, 5) is 12.3. The minimum atomic E-state index is -4.49. The molecule has 4 aromatic rings. The summed E-state index contributed by atoms with van der Waals surface area (Å²) in [6.07, 6.45) is -4.49. The van der Waals surface area contributed by atoms with Crippen molar-refractivity contribution in [3.05, 3.63) is 65.5 Å². The Balaban J connectivity index is 1.76. The van der Waals surface area contributed by atoms with Crippen LogP contribution in [-0.2, 0) is 6.18 Å². The molecule has 0 aliphatic heterocycles. The number of nitrogens with one attached hydrogen (secondary N) is 1. The Morgan fingerprint density at radius 2 is 1.67 bits per heavy atom. The number of aromatic nitrogens is 4. The molecule has 11 heteroatoms. The van der Waals surface area contributed by atoms with Crippen LogP contribution in [0.25, 0.3) is 17.0 Å². The van der Waals surface area contributed by atoms with Gasteiger partial charge in [0.15, 0.2) is 11.6 Å². The topological polar surface area (TPSA) is 81.7 Å². The molecular formula is C19H13F5N6. The molecule has 6 nitrogen and oxygen atoms in total. The van der Waals surface area contributed by atoms with E-state index in [0.717, 1.165) is 24.3 Å². The fourth-order valence-corrected chi connectivity index (χ4v) is 2.94. The monoisotopic (exact) mass is 420 g/mol. The van der Waals surface area contributed by atoms with E-state index < -0.39 is 29.2 Å². The normalized spacial score (nSPS) is 11.8. The Labute approximate surface area is 166 Å². The minimum Gasteiger partial charge on any atom is -0.381 e. The van der Waals surface area contributed by atoms with Crippen molar-refractivity contribution < 1.29 is 22.0 Å². The molecule has 0 radical (unpaired) electrons. The Bertz CT molecular complexity index is 1250. The highest BCUT2D eigenvalue weighted by atomic mass is 19.4. The molecule has 2 aromatic heterocycles. The number of hydrogen-bond donors (Lipinski definition) is 2. The van der Waals surface area contributed by atoms with E-state index in [1.165, 1.54) is 22.8 Å². The van der Waals surface area contributed by atoms with Crippen molar-refractivity contribution in [2.75, 3.05) is 11.1 Å². The van der Waals surface area contributed by atoms with E-state index in [4.69, 9.17) is 5.73 Å². The van der Waals surface area contributed by atoms with Gasteiger partial charge in [-0.2, -0.15) is 27.5 Å². The fraction of sp³-hybridized carbons (Fsp3) is 0.105. The van der Waals surface area contributed by atoms with Gasteiger partial charge >= 0.3 is 6.18 Å². The van der Waals surface area contributed by atoms with Crippen LogP contribution >= 0.6 is 0 Å². The van der Waals surface area contributed by atoms with Gasteiger partial charge in [0.1, 0.15) is 11.6 Å². The number of benzene rings is 2. The first-order valence-corrected chi connectivity index (χ1v) is 8.56. The van der Waals surface area contributed by atoms with Crippen molar-refractivity contribution in [1.29, 1.82) is 0 Å². The SMILES string of the molecule is Cc1nc2cc(F)ccc2n1-c1nc(N)c(F)c(Nc2ccc(C(F)(F)F)cc2)n1. The lowest BCUT2D eigenvalue weighted by atomic mass is 10.2. The molecule has 3 N–H and O–H groups in total. The van der Waals surface area contributed by atoms with E-state index in [2.05, 4.69) is 20.3 Å². The third-order valence-electron chi connectivity index (χ3n) is 4.32. The number of anilines is 3. The zero-order valence-electron chi connectivity index (χ0n) is 15.3. The van der Waals surface area contributed by atoms with Crippen LogP contribution in [-0.4, -0.2) is 19.5 Å². The number of alkyl halides is 3. The van der Waals surface area contributed by atoms with Gasteiger partial charge in [0.25, 0.3) is 0 Å². The molecule has 30 heavy (non-hydrogen) atoms. The highest BCUT2D eigenvalue weighted by Gasteiger charge is 2.30. The molecule has 0 spiro atoms. The second-order valence-corrected chi connectivity index (χ2v) is 6.40. The van der Waals surface area contributed by atoms with E-state index >= 15 is 0 Å². The Hall–Kier alpha value is -3.76. The van der Waals surface area contributed by atoms with Crippen LogP contribution in [0.1, 0.15) is 11.4 Å². The number of hydrogen-bond acceptors (Lipinski definition) is 5. The third-order valence-corrected chi connectivity index (χ3v) is 4.32. The summed E-state index contributed by atoms with van der Waals surface area (Å²) >= 11 is 0.